The Morgan fingerprint density at radius 3 is 2.17 bits per heavy atom. The molecule has 0 saturated heterocycles. The number of aromatic hydroxyl groups is 1. The maximum atomic E-state index is 11.2. The molecule has 0 saturated carbocycles. The van der Waals surface area contributed by atoms with E-state index in [-0.39, 0.29) is 5.65 Å². The van der Waals surface area contributed by atoms with E-state index in [1.165, 1.54) is 6.07 Å². The lowest BCUT2D eigenvalue weighted by atomic mass is 10.4. The Morgan fingerprint density at radius 2 is 1.67 bits per heavy atom. The molecule has 0 aliphatic carbocycles. The Bertz CT molecular complexity index is 712. The molecule has 0 atom stereocenters. The molecule has 0 fully saturated rings. The van der Waals surface area contributed by atoms with Crippen molar-refractivity contribution in [1.82, 2.24) is 9.38 Å². The average molecular weight is 294 g/mol. The first-order valence-electron chi connectivity index (χ1n) is 4.44. The van der Waals surface area contributed by atoms with Crippen LogP contribution in [0, 0.1) is 0 Å². The van der Waals surface area contributed by atoms with E-state index in [1.807, 2.05) is 0 Å². The number of hydrogen-bond acceptors (Lipinski definition) is 4. The molecular weight excluding hydrogens is 286 g/mol. The summed E-state index contributed by atoms with van der Waals surface area (Å²) in [5.74, 6) is -0.689. The zero-order valence-corrected chi connectivity index (χ0v) is 10.4. The summed E-state index contributed by atoms with van der Waals surface area (Å²) in [6, 6.07) is 2.16. The lowest BCUT2D eigenvalue weighted by molar-refractivity contribution is 0.381. The van der Waals surface area contributed by atoms with Crippen LogP contribution in [0.15, 0.2) is 18.3 Å². The van der Waals surface area contributed by atoms with Gasteiger partial charge in [0.2, 0.25) is 0 Å². The van der Waals surface area contributed by atoms with E-state index in [9.17, 15) is 14.2 Å². The van der Waals surface area contributed by atoms with Crippen LogP contribution in [0.25, 0.3) is 5.65 Å². The van der Waals surface area contributed by atoms with E-state index >= 15 is 0 Å². The fraction of sp³-hybridized carbons (Fsp3) is 0. The molecule has 0 radical (unpaired) electrons. The molecular formula is C7H8N2O7P2. The van der Waals surface area contributed by atoms with Gasteiger partial charge in [-0.1, -0.05) is 0 Å². The van der Waals surface area contributed by atoms with Gasteiger partial charge in [-0.25, -0.2) is 4.98 Å². The average Bonchev–Trinajstić information content (AvgIpc) is 2.57. The van der Waals surface area contributed by atoms with Crippen molar-refractivity contribution in [3.8, 4) is 5.75 Å². The smallest absolute Gasteiger partial charge is 0.376 e. The predicted octanol–water partition coefficient (Wildman–Crippen LogP) is -1.35. The second kappa shape index (κ2) is 3.89. The second-order valence-electron chi connectivity index (χ2n) is 3.46. The van der Waals surface area contributed by atoms with Gasteiger partial charge in [-0.15, -0.1) is 0 Å². The zero-order chi connectivity index (χ0) is 13.7. The summed E-state index contributed by atoms with van der Waals surface area (Å²) in [6.45, 7) is 0. The summed E-state index contributed by atoms with van der Waals surface area (Å²) < 4.78 is 23.0. The van der Waals surface area contributed by atoms with Gasteiger partial charge >= 0.3 is 15.2 Å². The second-order valence-corrected chi connectivity index (χ2v) is 6.52. The van der Waals surface area contributed by atoms with Crippen molar-refractivity contribution in [2.24, 2.45) is 0 Å². The van der Waals surface area contributed by atoms with Gasteiger partial charge in [0.1, 0.15) is 11.4 Å². The van der Waals surface area contributed by atoms with Crippen molar-refractivity contribution in [3.05, 3.63) is 18.3 Å². The van der Waals surface area contributed by atoms with Crippen molar-refractivity contribution in [2.45, 2.75) is 0 Å². The highest BCUT2D eigenvalue weighted by Crippen LogP contribution is 2.38. The molecule has 2 rings (SSSR count). The van der Waals surface area contributed by atoms with E-state index in [1.54, 1.807) is 0 Å². The summed E-state index contributed by atoms with van der Waals surface area (Å²) >= 11 is 0. The molecule has 11 heteroatoms. The number of rotatable bonds is 2. The summed E-state index contributed by atoms with van der Waals surface area (Å²) in [6.07, 6.45) is 0.782. The van der Waals surface area contributed by atoms with Crippen LogP contribution in [0.1, 0.15) is 0 Å². The Hall–Kier alpha value is -1.21. The van der Waals surface area contributed by atoms with Gasteiger partial charge < -0.3 is 24.7 Å². The molecule has 0 aliphatic rings. The molecule has 0 unspecified atom stereocenters. The lowest BCUT2D eigenvalue weighted by Crippen LogP contribution is -2.14. The van der Waals surface area contributed by atoms with Crippen LogP contribution in [0.4, 0.5) is 0 Å². The van der Waals surface area contributed by atoms with Gasteiger partial charge in [-0.05, 0) is 12.1 Å². The highest BCUT2D eigenvalue weighted by atomic mass is 31.2. The van der Waals surface area contributed by atoms with E-state index in [2.05, 4.69) is 4.98 Å². The van der Waals surface area contributed by atoms with Crippen LogP contribution in [0.5, 0.6) is 5.75 Å². The SMILES string of the molecule is O=P(O)(O)c1cn2c(P(=O)(O)O)c(O)ccc2n1. The molecule has 98 valence electrons. The predicted molar refractivity (Wildman–Crippen MR) is 60.2 cm³/mol. The first-order valence-corrected chi connectivity index (χ1v) is 7.66. The monoisotopic (exact) mass is 294 g/mol. The normalized spacial score (nSPS) is 13.1. The minimum atomic E-state index is -4.82. The van der Waals surface area contributed by atoms with Crippen LogP contribution in [0.3, 0.4) is 0 Å². The van der Waals surface area contributed by atoms with Gasteiger partial charge in [0.25, 0.3) is 0 Å². The maximum absolute atomic E-state index is 11.2. The Morgan fingerprint density at radius 1 is 1.06 bits per heavy atom. The highest BCUT2D eigenvalue weighted by Gasteiger charge is 2.29. The third kappa shape index (κ3) is 2.20. The molecule has 18 heavy (non-hydrogen) atoms. The van der Waals surface area contributed by atoms with Crippen molar-refractivity contribution >= 4 is 31.7 Å². The Balaban J connectivity index is 2.86. The van der Waals surface area contributed by atoms with Crippen molar-refractivity contribution in [1.29, 1.82) is 0 Å². The fourth-order valence-corrected chi connectivity index (χ4v) is 2.76. The van der Waals surface area contributed by atoms with Crippen molar-refractivity contribution in [3.63, 3.8) is 0 Å². The number of aromatic nitrogens is 2. The number of nitrogens with zero attached hydrogens (tertiary/aromatic N) is 2. The van der Waals surface area contributed by atoms with Crippen LogP contribution in [-0.2, 0) is 9.13 Å². The number of pyridine rings is 1. The van der Waals surface area contributed by atoms with Crippen LogP contribution in [-0.4, -0.2) is 34.1 Å². The molecule has 2 heterocycles. The molecule has 0 spiro atoms. The third-order valence-corrected chi connectivity index (χ3v) is 3.95. The topological polar surface area (TPSA) is 153 Å². The summed E-state index contributed by atoms with van der Waals surface area (Å²) in [5.41, 5.74) is -1.50. The summed E-state index contributed by atoms with van der Waals surface area (Å²) in [4.78, 5) is 39.6. The molecule has 0 aliphatic heterocycles. The summed E-state index contributed by atoms with van der Waals surface area (Å²) in [7, 11) is -9.46. The number of imidazole rings is 1. The first kappa shape index (κ1) is 13.2. The standard InChI is InChI=1S/C7H8N2O7P2/c10-4-1-2-5-8-6(17(11,12)13)3-9(5)7(4)18(14,15)16/h1-3,10H,(H2,11,12,13)(H2,14,15,16). The van der Waals surface area contributed by atoms with E-state index in [0.29, 0.717) is 0 Å². The molecule has 0 aromatic carbocycles. The number of hydrogen-bond donors (Lipinski definition) is 5. The quantitative estimate of drug-likeness (QED) is 0.426. The third-order valence-electron chi connectivity index (χ3n) is 2.14. The molecule has 9 nitrogen and oxygen atoms in total. The lowest BCUT2D eigenvalue weighted by Gasteiger charge is -2.08. The van der Waals surface area contributed by atoms with E-state index in [4.69, 9.17) is 19.6 Å². The fourth-order valence-electron chi connectivity index (χ4n) is 1.45. The first-order chi connectivity index (χ1) is 8.10. The van der Waals surface area contributed by atoms with Crippen molar-refractivity contribution < 1.29 is 33.8 Å². The van der Waals surface area contributed by atoms with Gasteiger partial charge in [-0.2, -0.15) is 0 Å². The van der Waals surface area contributed by atoms with Crippen LogP contribution in [0.2, 0.25) is 0 Å². The van der Waals surface area contributed by atoms with Crippen LogP contribution < -0.4 is 10.9 Å². The van der Waals surface area contributed by atoms with Gasteiger partial charge in [0.15, 0.2) is 10.9 Å². The van der Waals surface area contributed by atoms with Crippen molar-refractivity contribution in [2.75, 3.05) is 0 Å². The number of fused-ring (bicyclic) bond motifs is 1. The van der Waals surface area contributed by atoms with Gasteiger partial charge in [0, 0.05) is 6.20 Å². The molecule has 0 bridgehead atoms. The minimum Gasteiger partial charge on any atom is -0.505 e. The minimum absolute atomic E-state index is 0.0931. The highest BCUT2D eigenvalue weighted by molar-refractivity contribution is 7.60. The Kier molecular flexibility index (Phi) is 2.86. The van der Waals surface area contributed by atoms with Crippen LogP contribution >= 0.6 is 15.2 Å². The zero-order valence-electron chi connectivity index (χ0n) is 8.57. The largest absolute Gasteiger partial charge is 0.505 e. The molecule has 2 aromatic rings. The maximum Gasteiger partial charge on any atom is 0.376 e. The van der Waals surface area contributed by atoms with Gasteiger partial charge in [0.05, 0.1) is 0 Å². The van der Waals surface area contributed by atoms with E-state index < -0.39 is 31.8 Å². The molecule has 2 aromatic heterocycles. The summed E-state index contributed by atoms with van der Waals surface area (Å²) in [5, 5.41) is 9.42. The molecule has 0 amide bonds. The van der Waals surface area contributed by atoms with Gasteiger partial charge in [-0.3, -0.25) is 13.5 Å². The van der Waals surface area contributed by atoms with E-state index in [0.717, 1.165) is 16.7 Å². The molecule has 5 N–H and O–H groups in total. The Labute approximate surface area is 99.7 Å².